The van der Waals surface area contributed by atoms with Gasteiger partial charge in [-0.3, -0.25) is 9.63 Å². The molecule has 3 aromatic rings. The number of pyridine rings is 1. The van der Waals surface area contributed by atoms with Crippen LogP contribution in [0.4, 0.5) is 15.8 Å². The molecule has 0 aliphatic rings. The predicted octanol–water partition coefficient (Wildman–Crippen LogP) is 3.77. The molecule has 0 aliphatic carbocycles. The third-order valence-corrected chi connectivity index (χ3v) is 4.28. The van der Waals surface area contributed by atoms with Crippen molar-refractivity contribution in [2.24, 2.45) is 0 Å². The van der Waals surface area contributed by atoms with Gasteiger partial charge < -0.3 is 9.72 Å². The van der Waals surface area contributed by atoms with E-state index < -0.39 is 11.7 Å². The first-order valence-corrected chi connectivity index (χ1v) is 8.17. The molecule has 9 heteroatoms. The Hall–Kier alpha value is -1.91. The number of aromatic nitrogens is 2. The molecule has 2 N–H and O–H groups in total. The Labute approximate surface area is 155 Å². The summed E-state index contributed by atoms with van der Waals surface area (Å²) in [5, 5.41) is 3.07. The van der Waals surface area contributed by atoms with Crippen LogP contribution in [0.5, 0.6) is 0 Å². The van der Waals surface area contributed by atoms with Crippen LogP contribution in [0.15, 0.2) is 36.8 Å². The lowest BCUT2D eigenvalue weighted by Crippen LogP contribution is -2.23. The average molecular weight is 461 g/mol. The number of imidazole rings is 1. The highest BCUT2D eigenvalue weighted by atomic mass is 127. The topological polar surface area (TPSA) is 67.7 Å². The number of benzene rings is 1. The molecule has 0 spiro atoms. The van der Waals surface area contributed by atoms with Gasteiger partial charge in [-0.1, -0.05) is 11.6 Å². The molecule has 2 heterocycles. The third-order valence-electron chi connectivity index (χ3n) is 3.25. The van der Waals surface area contributed by atoms with Crippen molar-refractivity contribution in [1.29, 1.82) is 0 Å². The monoisotopic (exact) mass is 460 g/mol. The summed E-state index contributed by atoms with van der Waals surface area (Å²) >= 11 is 8.39. The van der Waals surface area contributed by atoms with E-state index in [4.69, 9.17) is 11.6 Å². The number of carbonyl (C=O) groups is 1. The molecule has 3 rings (SSSR count). The number of hydroxylamine groups is 1. The van der Waals surface area contributed by atoms with Crippen molar-refractivity contribution in [2.45, 2.75) is 0 Å². The van der Waals surface area contributed by atoms with E-state index in [1.54, 1.807) is 28.9 Å². The summed E-state index contributed by atoms with van der Waals surface area (Å²) in [6.45, 7) is 0. The molecule has 0 unspecified atom stereocenters. The zero-order valence-electron chi connectivity index (χ0n) is 12.3. The summed E-state index contributed by atoms with van der Waals surface area (Å²) in [5.41, 5.74) is 3.29. The zero-order chi connectivity index (χ0) is 17.3. The largest absolute Gasteiger partial charge is 0.351 e. The predicted molar refractivity (Wildman–Crippen MR) is 97.1 cm³/mol. The van der Waals surface area contributed by atoms with Gasteiger partial charge >= 0.3 is 0 Å². The van der Waals surface area contributed by atoms with Crippen molar-refractivity contribution in [3.05, 3.63) is 56.8 Å². The SMILES string of the molecule is CONC(=O)c1cn2ccnc2c(Cl)c1Nc1ccc(I)cc1F. The number of anilines is 2. The quantitative estimate of drug-likeness (QED) is 0.460. The number of hydrogen-bond donors (Lipinski definition) is 2. The molecule has 0 radical (unpaired) electrons. The minimum absolute atomic E-state index is 0.185. The number of amides is 1. The summed E-state index contributed by atoms with van der Waals surface area (Å²) in [5.74, 6) is -0.984. The highest BCUT2D eigenvalue weighted by Crippen LogP contribution is 2.33. The van der Waals surface area contributed by atoms with Crippen LogP contribution < -0.4 is 10.8 Å². The second-order valence-corrected chi connectivity index (χ2v) is 6.40. The van der Waals surface area contributed by atoms with Gasteiger partial charge in [-0.25, -0.2) is 14.9 Å². The number of nitrogens with one attached hydrogen (secondary N) is 2. The van der Waals surface area contributed by atoms with E-state index in [9.17, 15) is 9.18 Å². The van der Waals surface area contributed by atoms with Crippen molar-refractivity contribution in [3.8, 4) is 0 Å². The summed E-state index contributed by atoms with van der Waals surface area (Å²) < 4.78 is 16.5. The normalized spacial score (nSPS) is 10.8. The molecule has 1 amide bonds. The van der Waals surface area contributed by atoms with Gasteiger partial charge in [0, 0.05) is 22.2 Å². The molecule has 0 aliphatic heterocycles. The maximum absolute atomic E-state index is 14.1. The van der Waals surface area contributed by atoms with E-state index in [0.29, 0.717) is 5.65 Å². The van der Waals surface area contributed by atoms with Crippen LogP contribution in [0.1, 0.15) is 10.4 Å². The molecule has 0 saturated carbocycles. The molecule has 0 saturated heterocycles. The molecular formula is C15H11ClFIN4O2. The van der Waals surface area contributed by atoms with Gasteiger partial charge in [0.05, 0.1) is 24.0 Å². The Kier molecular flexibility index (Phi) is 4.88. The maximum atomic E-state index is 14.1. The highest BCUT2D eigenvalue weighted by Gasteiger charge is 2.20. The third kappa shape index (κ3) is 3.17. The number of fused-ring (bicyclic) bond motifs is 1. The Morgan fingerprint density at radius 2 is 2.25 bits per heavy atom. The lowest BCUT2D eigenvalue weighted by Gasteiger charge is -2.15. The van der Waals surface area contributed by atoms with E-state index in [1.165, 1.54) is 19.4 Å². The van der Waals surface area contributed by atoms with Crippen LogP contribution in [-0.4, -0.2) is 22.4 Å². The van der Waals surface area contributed by atoms with Crippen LogP contribution in [0.25, 0.3) is 5.65 Å². The van der Waals surface area contributed by atoms with Gasteiger partial charge in [0.2, 0.25) is 0 Å². The van der Waals surface area contributed by atoms with Gasteiger partial charge in [0.1, 0.15) is 10.8 Å². The first kappa shape index (κ1) is 16.9. The van der Waals surface area contributed by atoms with Crippen molar-refractivity contribution in [2.75, 3.05) is 12.4 Å². The molecule has 1 aromatic carbocycles. The second kappa shape index (κ2) is 6.91. The van der Waals surface area contributed by atoms with Crippen molar-refractivity contribution >= 4 is 57.1 Å². The van der Waals surface area contributed by atoms with E-state index in [2.05, 4.69) is 20.6 Å². The summed E-state index contributed by atoms with van der Waals surface area (Å²) in [6, 6.07) is 4.68. The number of carbonyl (C=O) groups excluding carboxylic acids is 1. The lowest BCUT2D eigenvalue weighted by atomic mass is 10.2. The molecule has 124 valence electrons. The molecule has 0 atom stereocenters. The summed E-state index contributed by atoms with van der Waals surface area (Å²) in [6.07, 6.45) is 4.74. The van der Waals surface area contributed by atoms with E-state index in [1.807, 2.05) is 22.6 Å². The number of rotatable bonds is 4. The van der Waals surface area contributed by atoms with Crippen LogP contribution in [-0.2, 0) is 4.84 Å². The van der Waals surface area contributed by atoms with Crippen LogP contribution >= 0.6 is 34.2 Å². The van der Waals surface area contributed by atoms with Crippen LogP contribution in [0.3, 0.4) is 0 Å². The highest BCUT2D eigenvalue weighted by molar-refractivity contribution is 14.1. The van der Waals surface area contributed by atoms with Crippen molar-refractivity contribution in [1.82, 2.24) is 14.9 Å². The Morgan fingerprint density at radius 1 is 1.46 bits per heavy atom. The van der Waals surface area contributed by atoms with Gasteiger partial charge in [0.15, 0.2) is 5.65 Å². The van der Waals surface area contributed by atoms with Crippen LogP contribution in [0, 0.1) is 9.39 Å². The first-order chi connectivity index (χ1) is 11.5. The fourth-order valence-electron chi connectivity index (χ4n) is 2.19. The molecule has 2 aromatic heterocycles. The molecule has 0 bridgehead atoms. The average Bonchev–Trinajstić information content (AvgIpc) is 3.01. The summed E-state index contributed by atoms with van der Waals surface area (Å²) in [7, 11) is 1.32. The van der Waals surface area contributed by atoms with E-state index >= 15 is 0 Å². The number of hydrogen-bond acceptors (Lipinski definition) is 4. The maximum Gasteiger partial charge on any atom is 0.278 e. The first-order valence-electron chi connectivity index (χ1n) is 6.72. The van der Waals surface area contributed by atoms with Crippen LogP contribution in [0.2, 0.25) is 5.02 Å². The molecule has 24 heavy (non-hydrogen) atoms. The number of nitrogens with zero attached hydrogens (tertiary/aromatic N) is 2. The fraction of sp³-hybridized carbons (Fsp3) is 0.0667. The van der Waals surface area contributed by atoms with Crippen molar-refractivity contribution in [3.63, 3.8) is 0 Å². The van der Waals surface area contributed by atoms with E-state index in [0.717, 1.165) is 3.57 Å². The molecule has 0 fully saturated rings. The van der Waals surface area contributed by atoms with Gasteiger partial charge in [0.25, 0.3) is 5.91 Å². The molecule has 6 nitrogen and oxygen atoms in total. The summed E-state index contributed by atoms with van der Waals surface area (Å²) in [4.78, 5) is 21.1. The van der Waals surface area contributed by atoms with E-state index in [-0.39, 0.29) is 22.0 Å². The van der Waals surface area contributed by atoms with Crippen molar-refractivity contribution < 1.29 is 14.0 Å². The zero-order valence-corrected chi connectivity index (χ0v) is 15.2. The standard InChI is InChI=1S/C15H11ClFIN4O2/c1-24-21-15(23)9-7-22-5-4-19-14(22)12(16)13(9)20-11-3-2-8(18)6-10(11)17/h2-7,20H,1H3,(H,21,23). The van der Waals surface area contributed by atoms with Gasteiger partial charge in [-0.15, -0.1) is 0 Å². The minimum atomic E-state index is -0.525. The fourth-order valence-corrected chi connectivity index (χ4v) is 2.94. The second-order valence-electron chi connectivity index (χ2n) is 4.77. The van der Waals surface area contributed by atoms with Gasteiger partial charge in [-0.05, 0) is 40.8 Å². The minimum Gasteiger partial charge on any atom is -0.351 e. The lowest BCUT2D eigenvalue weighted by molar-refractivity contribution is 0.0538. The number of halogens is 3. The Morgan fingerprint density at radius 3 is 2.96 bits per heavy atom. The Balaban J connectivity index is 2.15. The molecular weight excluding hydrogens is 450 g/mol. The van der Waals surface area contributed by atoms with Gasteiger partial charge in [-0.2, -0.15) is 0 Å². The Bertz CT molecular complexity index is 931. The smallest absolute Gasteiger partial charge is 0.278 e.